The van der Waals surface area contributed by atoms with E-state index in [1.54, 1.807) is 11.3 Å². The number of nitrogens with zero attached hydrogens (tertiary/aromatic N) is 1. The highest BCUT2D eigenvalue weighted by Crippen LogP contribution is 2.32. The molecular weight excluding hydrogens is 242 g/mol. The number of aryl methyl sites for hydroxylation is 2. The number of thiazole rings is 1. The second kappa shape index (κ2) is 5.21. The quantitative estimate of drug-likeness (QED) is 0.916. The zero-order chi connectivity index (χ0) is 13.3. The van der Waals surface area contributed by atoms with Crippen molar-refractivity contribution in [2.24, 2.45) is 0 Å². The monoisotopic (exact) mass is 261 g/mol. The van der Waals surface area contributed by atoms with E-state index < -0.39 is 0 Å². The first kappa shape index (κ1) is 13.2. The summed E-state index contributed by atoms with van der Waals surface area (Å²) < 4.78 is 0. The number of benzene rings is 1. The summed E-state index contributed by atoms with van der Waals surface area (Å²) in [7, 11) is 0. The van der Waals surface area contributed by atoms with Gasteiger partial charge in [0.2, 0.25) is 0 Å². The lowest BCUT2D eigenvalue weighted by Crippen LogP contribution is -1.96. The van der Waals surface area contributed by atoms with Crippen molar-refractivity contribution >= 4 is 11.3 Å². The van der Waals surface area contributed by atoms with Crippen LogP contribution in [0, 0.1) is 27.7 Å². The molecule has 0 atom stereocenters. The molecule has 1 heterocycles. The highest BCUT2D eigenvalue weighted by Gasteiger charge is 2.13. The van der Waals surface area contributed by atoms with Gasteiger partial charge < -0.3 is 5.11 Å². The third kappa shape index (κ3) is 2.33. The molecule has 18 heavy (non-hydrogen) atoms. The van der Waals surface area contributed by atoms with E-state index in [1.807, 2.05) is 0 Å². The van der Waals surface area contributed by atoms with Crippen LogP contribution >= 0.6 is 11.3 Å². The molecule has 0 amide bonds. The molecule has 2 aromatic rings. The number of aliphatic hydroxyl groups excluding tert-OH is 1. The number of hydrogen-bond acceptors (Lipinski definition) is 3. The van der Waals surface area contributed by atoms with Crippen molar-refractivity contribution in [1.82, 2.24) is 4.98 Å². The molecule has 96 valence electrons. The van der Waals surface area contributed by atoms with Crippen molar-refractivity contribution in [3.8, 4) is 11.3 Å². The maximum absolute atomic E-state index is 8.96. The van der Waals surface area contributed by atoms with Gasteiger partial charge in [0.05, 0.1) is 10.7 Å². The van der Waals surface area contributed by atoms with Crippen LogP contribution in [0.15, 0.2) is 11.4 Å². The van der Waals surface area contributed by atoms with Gasteiger partial charge in [0.1, 0.15) is 0 Å². The predicted molar refractivity (Wildman–Crippen MR) is 77.3 cm³/mol. The third-order valence-electron chi connectivity index (χ3n) is 3.50. The van der Waals surface area contributed by atoms with Crippen LogP contribution in [-0.2, 0) is 6.42 Å². The summed E-state index contributed by atoms with van der Waals surface area (Å²) in [6.07, 6.45) is 0.646. The van der Waals surface area contributed by atoms with Crippen molar-refractivity contribution in [3.05, 3.63) is 38.7 Å². The minimum Gasteiger partial charge on any atom is -0.396 e. The first-order chi connectivity index (χ1) is 8.54. The summed E-state index contributed by atoms with van der Waals surface area (Å²) in [5.41, 5.74) is 7.53. The third-order valence-corrected chi connectivity index (χ3v) is 4.41. The maximum atomic E-state index is 8.96. The fourth-order valence-electron chi connectivity index (χ4n) is 2.24. The standard InChI is InChI=1S/C15H19NOS/c1-9-7-10(2)12(4)15(11(9)3)13-8-18-14(16-13)5-6-17/h7-8,17H,5-6H2,1-4H3. The highest BCUT2D eigenvalue weighted by atomic mass is 32.1. The molecule has 0 aliphatic carbocycles. The number of aliphatic hydroxyl groups is 1. The molecule has 3 heteroatoms. The molecule has 0 aliphatic heterocycles. The van der Waals surface area contributed by atoms with E-state index in [2.05, 4.69) is 44.1 Å². The molecule has 0 spiro atoms. The van der Waals surface area contributed by atoms with Gasteiger partial charge in [-0.15, -0.1) is 11.3 Å². The van der Waals surface area contributed by atoms with E-state index in [0.29, 0.717) is 6.42 Å². The molecule has 1 aromatic carbocycles. The van der Waals surface area contributed by atoms with Gasteiger partial charge in [-0.2, -0.15) is 0 Å². The minimum atomic E-state index is 0.164. The zero-order valence-corrected chi connectivity index (χ0v) is 12.2. The maximum Gasteiger partial charge on any atom is 0.0955 e. The molecule has 0 bridgehead atoms. The Morgan fingerprint density at radius 3 is 2.28 bits per heavy atom. The summed E-state index contributed by atoms with van der Waals surface area (Å²) in [4.78, 5) is 4.63. The number of hydrogen-bond donors (Lipinski definition) is 1. The van der Waals surface area contributed by atoms with Crippen LogP contribution in [0.25, 0.3) is 11.3 Å². The first-order valence-corrected chi connectivity index (χ1v) is 7.05. The Morgan fingerprint density at radius 2 is 1.72 bits per heavy atom. The molecule has 2 rings (SSSR count). The molecule has 0 unspecified atom stereocenters. The van der Waals surface area contributed by atoms with E-state index in [1.165, 1.54) is 27.8 Å². The summed E-state index contributed by atoms with van der Waals surface area (Å²) in [6, 6.07) is 2.23. The second-order valence-electron chi connectivity index (χ2n) is 4.74. The van der Waals surface area contributed by atoms with E-state index in [-0.39, 0.29) is 6.61 Å². The fourth-order valence-corrected chi connectivity index (χ4v) is 3.02. The van der Waals surface area contributed by atoms with Crippen LogP contribution in [0.4, 0.5) is 0 Å². The Hall–Kier alpha value is -1.19. The topological polar surface area (TPSA) is 33.1 Å². The van der Waals surface area contributed by atoms with Crippen molar-refractivity contribution in [1.29, 1.82) is 0 Å². The molecule has 0 saturated carbocycles. The molecule has 1 N–H and O–H groups in total. The Bertz CT molecular complexity index is 546. The van der Waals surface area contributed by atoms with Gasteiger partial charge in [-0.25, -0.2) is 4.98 Å². The van der Waals surface area contributed by atoms with Crippen molar-refractivity contribution in [2.45, 2.75) is 34.1 Å². The Morgan fingerprint density at radius 1 is 1.11 bits per heavy atom. The Labute approximate surface area is 112 Å². The van der Waals surface area contributed by atoms with Crippen molar-refractivity contribution in [2.75, 3.05) is 6.61 Å². The molecule has 1 aromatic heterocycles. The predicted octanol–water partition coefficient (Wildman–Crippen LogP) is 3.58. The highest BCUT2D eigenvalue weighted by molar-refractivity contribution is 7.09. The van der Waals surface area contributed by atoms with Crippen LogP contribution in [-0.4, -0.2) is 16.7 Å². The van der Waals surface area contributed by atoms with Gasteiger partial charge in [-0.05, 0) is 49.9 Å². The van der Waals surface area contributed by atoms with E-state index in [9.17, 15) is 0 Å². The van der Waals surface area contributed by atoms with Crippen molar-refractivity contribution in [3.63, 3.8) is 0 Å². The van der Waals surface area contributed by atoms with Crippen LogP contribution in [0.3, 0.4) is 0 Å². The largest absolute Gasteiger partial charge is 0.396 e. The van der Waals surface area contributed by atoms with Crippen LogP contribution in [0.1, 0.15) is 27.3 Å². The van der Waals surface area contributed by atoms with E-state index >= 15 is 0 Å². The second-order valence-corrected chi connectivity index (χ2v) is 5.68. The van der Waals surface area contributed by atoms with Crippen LogP contribution in [0.2, 0.25) is 0 Å². The van der Waals surface area contributed by atoms with Gasteiger partial charge in [0.15, 0.2) is 0 Å². The molecule has 0 fully saturated rings. The summed E-state index contributed by atoms with van der Waals surface area (Å²) in [5.74, 6) is 0. The van der Waals surface area contributed by atoms with Gasteiger partial charge in [0, 0.05) is 24.0 Å². The summed E-state index contributed by atoms with van der Waals surface area (Å²) >= 11 is 1.63. The Balaban J connectivity index is 2.55. The summed E-state index contributed by atoms with van der Waals surface area (Å²) in [6.45, 7) is 8.76. The first-order valence-electron chi connectivity index (χ1n) is 6.17. The average Bonchev–Trinajstić information content (AvgIpc) is 2.76. The average molecular weight is 261 g/mol. The van der Waals surface area contributed by atoms with E-state index in [0.717, 1.165) is 10.7 Å². The van der Waals surface area contributed by atoms with Gasteiger partial charge in [-0.1, -0.05) is 6.07 Å². The molecule has 2 nitrogen and oxygen atoms in total. The van der Waals surface area contributed by atoms with Crippen LogP contribution in [0.5, 0.6) is 0 Å². The lowest BCUT2D eigenvalue weighted by atomic mass is 9.93. The molecule has 0 aliphatic rings. The van der Waals surface area contributed by atoms with Gasteiger partial charge >= 0.3 is 0 Å². The van der Waals surface area contributed by atoms with E-state index in [4.69, 9.17) is 5.11 Å². The Kier molecular flexibility index (Phi) is 3.83. The minimum absolute atomic E-state index is 0.164. The fraction of sp³-hybridized carbons (Fsp3) is 0.400. The van der Waals surface area contributed by atoms with Gasteiger partial charge in [-0.3, -0.25) is 0 Å². The normalized spacial score (nSPS) is 10.9. The van der Waals surface area contributed by atoms with Gasteiger partial charge in [0.25, 0.3) is 0 Å². The number of aromatic nitrogens is 1. The zero-order valence-electron chi connectivity index (χ0n) is 11.4. The molecular formula is C15H19NOS. The smallest absolute Gasteiger partial charge is 0.0955 e. The SMILES string of the molecule is Cc1cc(C)c(C)c(-c2csc(CCO)n2)c1C. The summed E-state index contributed by atoms with van der Waals surface area (Å²) in [5, 5.41) is 12.1. The molecule has 0 radical (unpaired) electrons. The lowest BCUT2D eigenvalue weighted by molar-refractivity contribution is 0.299. The van der Waals surface area contributed by atoms with Crippen LogP contribution < -0.4 is 0 Å². The lowest BCUT2D eigenvalue weighted by Gasteiger charge is -2.13. The number of rotatable bonds is 3. The van der Waals surface area contributed by atoms with Crippen molar-refractivity contribution < 1.29 is 5.11 Å². The molecule has 0 saturated heterocycles.